The number of hydrogen-bond donors (Lipinski definition) is 2. The Morgan fingerprint density at radius 2 is 1.94 bits per heavy atom. The molecule has 0 radical (unpaired) electrons. The summed E-state index contributed by atoms with van der Waals surface area (Å²) in [5.74, 6) is 0.865. The van der Waals surface area contributed by atoms with Crippen molar-refractivity contribution in [3.63, 3.8) is 0 Å². The van der Waals surface area contributed by atoms with E-state index in [1.807, 2.05) is 13.8 Å². The van der Waals surface area contributed by atoms with Crippen LogP contribution in [0.3, 0.4) is 0 Å². The van der Waals surface area contributed by atoms with Gasteiger partial charge in [-0.1, -0.05) is 26.2 Å². The van der Waals surface area contributed by atoms with Crippen LogP contribution in [-0.2, 0) is 4.79 Å². The predicted octanol–water partition coefficient (Wildman–Crippen LogP) is 2.98. The van der Waals surface area contributed by atoms with Crippen molar-refractivity contribution in [1.82, 2.24) is 5.32 Å². The topological polar surface area (TPSA) is 55.1 Å². The van der Waals surface area contributed by atoms with Crippen molar-refractivity contribution in [2.24, 2.45) is 11.7 Å². The smallest absolute Gasteiger partial charge is 0.220 e. The number of nitrogens with two attached hydrogens (primary N) is 1. The third kappa shape index (κ3) is 5.85. The lowest BCUT2D eigenvalue weighted by atomic mass is 9.83. The van der Waals surface area contributed by atoms with Crippen LogP contribution in [0.25, 0.3) is 0 Å². The summed E-state index contributed by atoms with van der Waals surface area (Å²) in [7, 11) is 0. The van der Waals surface area contributed by atoms with Gasteiger partial charge in [-0.3, -0.25) is 4.79 Å². The fraction of sp³-hybridized carbons (Fsp3) is 0.933. The Kier molecular flexibility index (Phi) is 6.13. The maximum Gasteiger partial charge on any atom is 0.220 e. The van der Waals surface area contributed by atoms with E-state index in [9.17, 15) is 4.79 Å². The fourth-order valence-corrected chi connectivity index (χ4v) is 2.80. The maximum absolute atomic E-state index is 11.9. The Hall–Kier alpha value is -0.570. The second kappa shape index (κ2) is 7.13. The van der Waals surface area contributed by atoms with Crippen LogP contribution in [0.15, 0.2) is 0 Å². The molecule has 0 aromatic carbocycles. The molecule has 3 heteroatoms. The molecule has 0 saturated heterocycles. The van der Waals surface area contributed by atoms with E-state index >= 15 is 0 Å². The van der Waals surface area contributed by atoms with E-state index in [-0.39, 0.29) is 11.4 Å². The van der Waals surface area contributed by atoms with Crippen LogP contribution < -0.4 is 11.1 Å². The molecule has 1 fully saturated rings. The van der Waals surface area contributed by atoms with Crippen LogP contribution >= 0.6 is 0 Å². The van der Waals surface area contributed by atoms with Gasteiger partial charge in [0.15, 0.2) is 0 Å². The zero-order valence-electron chi connectivity index (χ0n) is 12.3. The van der Waals surface area contributed by atoms with Gasteiger partial charge in [0.05, 0.1) is 0 Å². The molecule has 0 heterocycles. The molecule has 1 aliphatic rings. The number of nitrogens with one attached hydrogen (secondary N) is 1. The van der Waals surface area contributed by atoms with Gasteiger partial charge in [0.25, 0.3) is 0 Å². The first-order valence-corrected chi connectivity index (χ1v) is 7.50. The average molecular weight is 254 g/mol. The largest absolute Gasteiger partial charge is 0.353 e. The number of carbonyl (C=O) groups excluding carboxylic acids is 1. The lowest BCUT2D eigenvalue weighted by molar-refractivity contribution is -0.122. The van der Waals surface area contributed by atoms with Gasteiger partial charge in [0.1, 0.15) is 0 Å². The second-order valence-electron chi connectivity index (χ2n) is 6.47. The molecule has 1 rings (SSSR count). The van der Waals surface area contributed by atoms with Gasteiger partial charge in [0.2, 0.25) is 5.91 Å². The van der Waals surface area contributed by atoms with Gasteiger partial charge in [-0.05, 0) is 45.4 Å². The standard InChI is InChI=1S/C15H30N2O/c1-4-13(12-8-6-5-7-9-12)17-14(18)10-11-15(2,3)16/h12-13H,4-11,16H2,1-3H3,(H,17,18). The quantitative estimate of drug-likeness (QED) is 0.765. The van der Waals surface area contributed by atoms with E-state index in [0.717, 1.165) is 12.8 Å². The van der Waals surface area contributed by atoms with Crippen molar-refractivity contribution >= 4 is 5.91 Å². The van der Waals surface area contributed by atoms with Crippen molar-refractivity contribution in [1.29, 1.82) is 0 Å². The van der Waals surface area contributed by atoms with Gasteiger partial charge in [0, 0.05) is 18.0 Å². The molecule has 1 amide bonds. The molecule has 18 heavy (non-hydrogen) atoms. The Labute approximate surface area is 112 Å². The number of carbonyl (C=O) groups is 1. The predicted molar refractivity (Wildman–Crippen MR) is 76.3 cm³/mol. The molecule has 0 aromatic rings. The zero-order chi connectivity index (χ0) is 13.6. The molecule has 0 aromatic heterocycles. The van der Waals surface area contributed by atoms with E-state index in [1.54, 1.807) is 0 Å². The van der Waals surface area contributed by atoms with E-state index in [2.05, 4.69) is 12.2 Å². The van der Waals surface area contributed by atoms with Crippen molar-refractivity contribution in [2.45, 2.75) is 83.7 Å². The van der Waals surface area contributed by atoms with Gasteiger partial charge in [-0.2, -0.15) is 0 Å². The molecule has 3 N–H and O–H groups in total. The maximum atomic E-state index is 11.9. The minimum absolute atomic E-state index is 0.172. The molecular weight excluding hydrogens is 224 g/mol. The number of amides is 1. The Balaban J connectivity index is 2.35. The molecule has 0 spiro atoms. The van der Waals surface area contributed by atoms with Crippen LogP contribution in [0.4, 0.5) is 0 Å². The van der Waals surface area contributed by atoms with Crippen molar-refractivity contribution in [3.05, 3.63) is 0 Å². The third-order valence-corrected chi connectivity index (χ3v) is 4.00. The van der Waals surface area contributed by atoms with E-state index in [0.29, 0.717) is 18.4 Å². The third-order valence-electron chi connectivity index (χ3n) is 4.00. The normalized spacial score (nSPS) is 19.6. The van der Waals surface area contributed by atoms with Gasteiger partial charge >= 0.3 is 0 Å². The highest BCUT2D eigenvalue weighted by molar-refractivity contribution is 5.76. The summed E-state index contributed by atoms with van der Waals surface area (Å²) >= 11 is 0. The van der Waals surface area contributed by atoms with Crippen molar-refractivity contribution < 1.29 is 4.79 Å². The van der Waals surface area contributed by atoms with Crippen LogP contribution in [0.5, 0.6) is 0 Å². The first-order chi connectivity index (χ1) is 8.42. The summed E-state index contributed by atoms with van der Waals surface area (Å²) in [6.45, 7) is 6.11. The summed E-state index contributed by atoms with van der Waals surface area (Å²) in [5.41, 5.74) is 5.66. The Bertz CT molecular complexity index is 252. The van der Waals surface area contributed by atoms with Gasteiger partial charge in [-0.15, -0.1) is 0 Å². The minimum Gasteiger partial charge on any atom is -0.353 e. The molecule has 3 nitrogen and oxygen atoms in total. The molecule has 0 bridgehead atoms. The van der Waals surface area contributed by atoms with Gasteiger partial charge in [-0.25, -0.2) is 0 Å². The van der Waals surface area contributed by atoms with E-state index < -0.39 is 0 Å². The lowest BCUT2D eigenvalue weighted by Gasteiger charge is -2.30. The summed E-state index contributed by atoms with van der Waals surface area (Å²) in [4.78, 5) is 11.9. The Morgan fingerprint density at radius 3 is 2.44 bits per heavy atom. The number of rotatable bonds is 6. The first-order valence-electron chi connectivity index (χ1n) is 7.50. The first kappa shape index (κ1) is 15.5. The molecular formula is C15H30N2O. The summed E-state index contributed by atoms with van der Waals surface area (Å²) in [5, 5.41) is 3.21. The molecule has 0 aliphatic heterocycles. The molecule has 1 saturated carbocycles. The SMILES string of the molecule is CCC(NC(=O)CCC(C)(C)N)C1CCCCC1. The average Bonchev–Trinajstić information content (AvgIpc) is 2.33. The van der Waals surface area contributed by atoms with Crippen molar-refractivity contribution in [2.75, 3.05) is 0 Å². The highest BCUT2D eigenvalue weighted by Gasteiger charge is 2.24. The number of hydrogen-bond acceptors (Lipinski definition) is 2. The highest BCUT2D eigenvalue weighted by Crippen LogP contribution is 2.27. The molecule has 106 valence electrons. The zero-order valence-corrected chi connectivity index (χ0v) is 12.3. The highest BCUT2D eigenvalue weighted by atomic mass is 16.1. The monoisotopic (exact) mass is 254 g/mol. The molecule has 1 unspecified atom stereocenters. The van der Waals surface area contributed by atoms with Crippen LogP contribution in [0.1, 0.15) is 72.1 Å². The molecule has 1 atom stereocenters. The van der Waals surface area contributed by atoms with E-state index in [1.165, 1.54) is 32.1 Å². The fourth-order valence-electron chi connectivity index (χ4n) is 2.80. The second-order valence-corrected chi connectivity index (χ2v) is 6.47. The summed E-state index contributed by atoms with van der Waals surface area (Å²) < 4.78 is 0. The van der Waals surface area contributed by atoms with Crippen LogP contribution in [0.2, 0.25) is 0 Å². The van der Waals surface area contributed by atoms with E-state index in [4.69, 9.17) is 5.73 Å². The Morgan fingerprint density at radius 1 is 1.33 bits per heavy atom. The summed E-state index contributed by atoms with van der Waals surface area (Å²) in [6, 6.07) is 0.374. The molecule has 1 aliphatic carbocycles. The van der Waals surface area contributed by atoms with Gasteiger partial charge < -0.3 is 11.1 Å². The lowest BCUT2D eigenvalue weighted by Crippen LogP contribution is -2.42. The van der Waals surface area contributed by atoms with Crippen LogP contribution in [-0.4, -0.2) is 17.5 Å². The minimum atomic E-state index is -0.246. The van der Waals surface area contributed by atoms with Crippen molar-refractivity contribution in [3.8, 4) is 0 Å². The summed E-state index contributed by atoms with van der Waals surface area (Å²) in [6.07, 6.45) is 8.92. The van der Waals surface area contributed by atoms with Crippen LogP contribution in [0, 0.1) is 5.92 Å².